The van der Waals surface area contributed by atoms with E-state index in [1.807, 2.05) is 0 Å². The van der Waals surface area contributed by atoms with Crippen molar-refractivity contribution >= 4 is 5.97 Å². The second kappa shape index (κ2) is 5.03. The Morgan fingerprint density at radius 3 is 2.00 bits per heavy atom. The van der Waals surface area contributed by atoms with E-state index in [0.29, 0.717) is 6.23 Å². The van der Waals surface area contributed by atoms with Crippen molar-refractivity contribution in [1.29, 1.82) is 0 Å². The quantitative estimate of drug-likeness (QED) is 0.651. The maximum absolute atomic E-state index is 10.6. The third-order valence-corrected chi connectivity index (χ3v) is 1.31. The molecule has 0 saturated carbocycles. The smallest absolute Gasteiger partial charge is 0.475 e. The van der Waals surface area contributed by atoms with E-state index in [0.717, 1.165) is 6.54 Å². The van der Waals surface area contributed by atoms with Crippen LogP contribution in [-0.2, 0) is 9.53 Å². The molecule has 0 unspecified atom stereocenters. The van der Waals surface area contributed by atoms with Crippen molar-refractivity contribution in [1.82, 2.24) is 5.32 Å². The molecule has 1 heterocycles. The minimum Gasteiger partial charge on any atom is -0.475 e. The van der Waals surface area contributed by atoms with Gasteiger partial charge in [0.1, 0.15) is 6.23 Å². The van der Waals surface area contributed by atoms with Gasteiger partial charge in [-0.3, -0.25) is 5.32 Å². The fourth-order valence-electron chi connectivity index (χ4n) is 0.463. The summed E-state index contributed by atoms with van der Waals surface area (Å²) in [6.07, 6.45) is -3.54. The summed E-state index contributed by atoms with van der Waals surface area (Å²) in [5.41, 5.74) is 0. The van der Waals surface area contributed by atoms with Gasteiger partial charge in [0.25, 0.3) is 0 Å². The third kappa shape index (κ3) is 5.42. The molecular formula is C6H10F3NO3. The van der Waals surface area contributed by atoms with E-state index in [4.69, 9.17) is 14.6 Å². The molecule has 7 heteroatoms. The number of nitrogens with one attached hydrogen (secondary N) is 1. The number of methoxy groups -OCH3 is 1. The van der Waals surface area contributed by atoms with Crippen molar-refractivity contribution in [2.24, 2.45) is 0 Å². The molecule has 0 amide bonds. The standard InChI is InChI=1S/C4H9NO.C2HF3O2/c1-6-4-2-3-5-4;3-2(4,5)1(6)7/h4-5H,2-3H2,1H3;(H,6,7)/t4-;/m1./s1. The van der Waals surface area contributed by atoms with Crippen molar-refractivity contribution in [3.05, 3.63) is 0 Å². The van der Waals surface area contributed by atoms with Crippen LogP contribution in [0.1, 0.15) is 6.42 Å². The van der Waals surface area contributed by atoms with Crippen LogP contribution in [0.5, 0.6) is 0 Å². The number of aliphatic carboxylic acids is 1. The van der Waals surface area contributed by atoms with Crippen LogP contribution in [-0.4, -0.2) is 37.1 Å². The highest BCUT2D eigenvalue weighted by Crippen LogP contribution is 2.13. The molecule has 0 aromatic rings. The lowest BCUT2D eigenvalue weighted by atomic mass is 10.2. The van der Waals surface area contributed by atoms with Crippen LogP contribution >= 0.6 is 0 Å². The van der Waals surface area contributed by atoms with Gasteiger partial charge >= 0.3 is 12.1 Å². The highest BCUT2D eigenvalue weighted by Gasteiger charge is 2.38. The molecule has 1 saturated heterocycles. The Balaban J connectivity index is 0.000000223. The summed E-state index contributed by atoms with van der Waals surface area (Å²) < 4.78 is 36.6. The number of carbonyl (C=O) groups is 1. The van der Waals surface area contributed by atoms with E-state index in [1.54, 1.807) is 7.11 Å². The topological polar surface area (TPSA) is 58.6 Å². The molecule has 13 heavy (non-hydrogen) atoms. The summed E-state index contributed by atoms with van der Waals surface area (Å²) in [7, 11) is 1.72. The van der Waals surface area contributed by atoms with Gasteiger partial charge in [-0.25, -0.2) is 4.79 Å². The monoisotopic (exact) mass is 201 g/mol. The number of carboxylic acids is 1. The first-order valence-corrected chi connectivity index (χ1v) is 3.44. The molecular weight excluding hydrogens is 191 g/mol. The Bertz CT molecular complexity index is 164. The van der Waals surface area contributed by atoms with Crippen molar-refractivity contribution in [3.63, 3.8) is 0 Å². The van der Waals surface area contributed by atoms with Crippen molar-refractivity contribution in [3.8, 4) is 0 Å². The second-order valence-electron chi connectivity index (χ2n) is 2.27. The molecule has 1 fully saturated rings. The van der Waals surface area contributed by atoms with Crippen LogP contribution in [0, 0.1) is 0 Å². The lowest BCUT2D eigenvalue weighted by Gasteiger charge is -2.25. The Labute approximate surface area is 72.7 Å². The number of halogens is 3. The predicted molar refractivity (Wildman–Crippen MR) is 37.1 cm³/mol. The van der Waals surface area contributed by atoms with Gasteiger partial charge < -0.3 is 9.84 Å². The van der Waals surface area contributed by atoms with E-state index >= 15 is 0 Å². The predicted octanol–water partition coefficient (Wildman–Crippen LogP) is 0.585. The fraction of sp³-hybridized carbons (Fsp3) is 0.833. The molecule has 0 aromatic heterocycles. The fourth-order valence-corrected chi connectivity index (χ4v) is 0.463. The maximum Gasteiger partial charge on any atom is 0.490 e. The van der Waals surface area contributed by atoms with E-state index in [2.05, 4.69) is 5.32 Å². The molecule has 1 aliphatic rings. The highest BCUT2D eigenvalue weighted by atomic mass is 19.4. The van der Waals surface area contributed by atoms with Crippen LogP contribution in [0.2, 0.25) is 0 Å². The lowest BCUT2D eigenvalue weighted by molar-refractivity contribution is -0.192. The number of alkyl halides is 3. The van der Waals surface area contributed by atoms with Crippen molar-refractivity contribution in [2.75, 3.05) is 13.7 Å². The van der Waals surface area contributed by atoms with E-state index in [9.17, 15) is 13.2 Å². The average Bonchev–Trinajstić information content (AvgIpc) is 1.83. The number of hydrogen-bond donors (Lipinski definition) is 2. The normalized spacial score (nSPS) is 21.1. The van der Waals surface area contributed by atoms with Crippen LogP contribution in [0.15, 0.2) is 0 Å². The molecule has 0 aromatic carbocycles. The molecule has 78 valence electrons. The second-order valence-corrected chi connectivity index (χ2v) is 2.27. The maximum atomic E-state index is 10.6. The minimum atomic E-state index is -5.08. The first kappa shape index (κ1) is 12.2. The molecule has 1 rings (SSSR count). The Hall–Kier alpha value is -0.820. The molecule has 0 aliphatic carbocycles. The van der Waals surface area contributed by atoms with E-state index in [-0.39, 0.29) is 0 Å². The van der Waals surface area contributed by atoms with Crippen molar-refractivity contribution < 1.29 is 27.8 Å². The molecule has 4 nitrogen and oxygen atoms in total. The van der Waals surface area contributed by atoms with Crippen LogP contribution < -0.4 is 5.32 Å². The van der Waals surface area contributed by atoms with Crippen LogP contribution in [0.25, 0.3) is 0 Å². The molecule has 0 spiro atoms. The molecule has 0 radical (unpaired) electrons. The lowest BCUT2D eigenvalue weighted by Crippen LogP contribution is -2.43. The van der Waals surface area contributed by atoms with Gasteiger partial charge in [-0.15, -0.1) is 0 Å². The summed E-state index contributed by atoms with van der Waals surface area (Å²) in [4.78, 5) is 8.90. The largest absolute Gasteiger partial charge is 0.490 e. The zero-order chi connectivity index (χ0) is 10.5. The van der Waals surface area contributed by atoms with Gasteiger partial charge in [-0.1, -0.05) is 0 Å². The van der Waals surface area contributed by atoms with Crippen LogP contribution in [0.4, 0.5) is 13.2 Å². The van der Waals surface area contributed by atoms with Gasteiger partial charge in [0.15, 0.2) is 0 Å². The van der Waals surface area contributed by atoms with Gasteiger partial charge in [0, 0.05) is 13.7 Å². The Morgan fingerprint density at radius 1 is 1.62 bits per heavy atom. The first-order chi connectivity index (χ1) is 5.88. The first-order valence-electron chi connectivity index (χ1n) is 3.44. The van der Waals surface area contributed by atoms with Crippen LogP contribution in [0.3, 0.4) is 0 Å². The zero-order valence-corrected chi connectivity index (χ0v) is 6.89. The Kier molecular flexibility index (Phi) is 4.71. The molecule has 0 bridgehead atoms. The Morgan fingerprint density at radius 2 is 2.00 bits per heavy atom. The van der Waals surface area contributed by atoms with E-state index in [1.165, 1.54) is 6.42 Å². The zero-order valence-electron chi connectivity index (χ0n) is 6.89. The van der Waals surface area contributed by atoms with Crippen molar-refractivity contribution in [2.45, 2.75) is 18.8 Å². The number of hydrogen-bond acceptors (Lipinski definition) is 3. The SMILES string of the molecule is CO[C@@H]1CCN1.O=C(O)C(F)(F)F. The third-order valence-electron chi connectivity index (χ3n) is 1.31. The number of ether oxygens (including phenoxy) is 1. The molecule has 1 atom stereocenters. The minimum absolute atomic E-state index is 0.366. The summed E-state index contributed by atoms with van der Waals surface area (Å²) in [6.45, 7) is 1.12. The molecule has 1 aliphatic heterocycles. The van der Waals surface area contributed by atoms with E-state index < -0.39 is 12.1 Å². The highest BCUT2D eigenvalue weighted by molar-refractivity contribution is 5.73. The summed E-state index contributed by atoms with van der Waals surface area (Å²) in [5.74, 6) is -2.76. The van der Waals surface area contributed by atoms with Gasteiger partial charge in [0.05, 0.1) is 0 Å². The summed E-state index contributed by atoms with van der Waals surface area (Å²) >= 11 is 0. The number of rotatable bonds is 1. The average molecular weight is 201 g/mol. The van der Waals surface area contributed by atoms with Gasteiger partial charge in [-0.05, 0) is 6.42 Å². The summed E-state index contributed by atoms with van der Waals surface area (Å²) in [6, 6.07) is 0. The number of carboxylic acid groups (broad SMARTS) is 1. The van der Waals surface area contributed by atoms with Gasteiger partial charge in [-0.2, -0.15) is 13.2 Å². The molecule has 2 N–H and O–H groups in total. The summed E-state index contributed by atoms with van der Waals surface area (Å²) in [5, 5.41) is 10.2. The van der Waals surface area contributed by atoms with Gasteiger partial charge in [0.2, 0.25) is 0 Å².